The van der Waals surface area contributed by atoms with Crippen molar-refractivity contribution in [1.29, 1.82) is 0 Å². The first-order valence-electron chi connectivity index (χ1n) is 6.02. The van der Waals surface area contributed by atoms with E-state index in [1.165, 1.54) is 12.1 Å². The zero-order valence-electron chi connectivity index (χ0n) is 10.4. The molecule has 0 aliphatic heterocycles. The van der Waals surface area contributed by atoms with Gasteiger partial charge in [0.25, 0.3) is 0 Å². The molecule has 1 aromatic carbocycles. The summed E-state index contributed by atoms with van der Waals surface area (Å²) in [4.78, 5) is 0. The average molecular weight is 347 g/mol. The van der Waals surface area contributed by atoms with E-state index in [2.05, 4.69) is 21.2 Å². The van der Waals surface area contributed by atoms with Gasteiger partial charge in [0.1, 0.15) is 5.82 Å². The van der Waals surface area contributed by atoms with Crippen LogP contribution >= 0.6 is 27.5 Å². The van der Waals surface area contributed by atoms with Crippen molar-refractivity contribution in [3.63, 3.8) is 0 Å². The van der Waals surface area contributed by atoms with E-state index in [0.717, 1.165) is 22.1 Å². The van der Waals surface area contributed by atoms with Gasteiger partial charge in [0, 0.05) is 16.1 Å². The van der Waals surface area contributed by atoms with E-state index in [0.29, 0.717) is 11.6 Å². The van der Waals surface area contributed by atoms with Crippen LogP contribution in [-0.4, -0.2) is 6.54 Å². The second kappa shape index (κ2) is 6.55. The summed E-state index contributed by atoms with van der Waals surface area (Å²) in [7, 11) is 0. The minimum atomic E-state index is -0.244. The summed E-state index contributed by atoms with van der Waals surface area (Å²) in [6.45, 7) is 2.81. The number of likely N-dealkylation sites (N-methyl/N-ethyl adjacent to an activating group) is 1. The van der Waals surface area contributed by atoms with Crippen molar-refractivity contribution in [1.82, 2.24) is 5.32 Å². The molecule has 1 atom stereocenters. The lowest BCUT2D eigenvalue weighted by Crippen LogP contribution is -2.23. The standard InChI is InChI=1S/C14H14BrClFNO/c1-2-18-13(11-5-6-19-14(11)16)8-9-7-10(17)3-4-12(9)15/h3-7,13,18H,2,8H2,1H3. The summed E-state index contributed by atoms with van der Waals surface area (Å²) in [5.41, 5.74) is 1.78. The second-order valence-electron chi connectivity index (χ2n) is 4.20. The summed E-state index contributed by atoms with van der Waals surface area (Å²) in [5.74, 6) is -0.244. The van der Waals surface area contributed by atoms with E-state index < -0.39 is 0 Å². The molecule has 0 radical (unpaired) electrons. The Hall–Kier alpha value is -0.840. The lowest BCUT2D eigenvalue weighted by molar-refractivity contribution is 0.524. The molecule has 0 saturated heterocycles. The second-order valence-corrected chi connectivity index (χ2v) is 5.40. The maximum Gasteiger partial charge on any atom is 0.197 e. The summed E-state index contributed by atoms with van der Waals surface area (Å²) in [5, 5.41) is 3.71. The molecule has 2 aromatic rings. The largest absolute Gasteiger partial charge is 0.453 e. The monoisotopic (exact) mass is 345 g/mol. The van der Waals surface area contributed by atoms with Gasteiger partial charge in [0.2, 0.25) is 0 Å². The van der Waals surface area contributed by atoms with Gasteiger partial charge in [-0.15, -0.1) is 0 Å². The van der Waals surface area contributed by atoms with Gasteiger partial charge >= 0.3 is 0 Å². The first-order valence-corrected chi connectivity index (χ1v) is 7.19. The first kappa shape index (κ1) is 14.6. The molecule has 5 heteroatoms. The van der Waals surface area contributed by atoms with Crippen molar-refractivity contribution in [2.24, 2.45) is 0 Å². The predicted octanol–water partition coefficient (Wildman–Crippen LogP) is 4.73. The molecular weight excluding hydrogens is 333 g/mol. The molecule has 0 saturated carbocycles. The molecule has 0 bridgehead atoms. The number of furan rings is 1. The molecule has 1 aromatic heterocycles. The average Bonchev–Trinajstić information content (AvgIpc) is 2.79. The summed E-state index contributed by atoms with van der Waals surface area (Å²) in [6, 6.07) is 6.51. The van der Waals surface area contributed by atoms with Crippen LogP contribution in [0.5, 0.6) is 0 Å². The van der Waals surface area contributed by atoms with Gasteiger partial charge in [-0.05, 0) is 54.4 Å². The topological polar surface area (TPSA) is 25.2 Å². The molecule has 1 unspecified atom stereocenters. The maximum absolute atomic E-state index is 13.3. The molecule has 2 nitrogen and oxygen atoms in total. The highest BCUT2D eigenvalue weighted by Crippen LogP contribution is 2.29. The molecule has 19 heavy (non-hydrogen) atoms. The fraction of sp³-hybridized carbons (Fsp3) is 0.286. The van der Waals surface area contributed by atoms with Gasteiger partial charge in [0.15, 0.2) is 5.22 Å². The van der Waals surface area contributed by atoms with Crippen molar-refractivity contribution >= 4 is 27.5 Å². The smallest absolute Gasteiger partial charge is 0.197 e. The Morgan fingerprint density at radius 3 is 2.84 bits per heavy atom. The minimum Gasteiger partial charge on any atom is -0.453 e. The van der Waals surface area contributed by atoms with Gasteiger partial charge in [-0.25, -0.2) is 4.39 Å². The summed E-state index contributed by atoms with van der Waals surface area (Å²) in [6.07, 6.45) is 2.19. The molecule has 0 aliphatic rings. The van der Waals surface area contributed by atoms with E-state index in [1.807, 2.05) is 13.0 Å². The highest BCUT2D eigenvalue weighted by Gasteiger charge is 2.18. The van der Waals surface area contributed by atoms with Crippen LogP contribution in [0.2, 0.25) is 5.22 Å². The first-order chi connectivity index (χ1) is 9.11. The third-order valence-electron chi connectivity index (χ3n) is 2.90. The number of nitrogens with one attached hydrogen (secondary N) is 1. The van der Waals surface area contributed by atoms with Gasteiger partial charge in [0.05, 0.1) is 6.26 Å². The molecule has 0 fully saturated rings. The zero-order valence-corrected chi connectivity index (χ0v) is 12.8. The molecular formula is C14H14BrClFNO. The van der Waals surface area contributed by atoms with Crippen LogP contribution in [0.4, 0.5) is 4.39 Å². The Kier molecular flexibility index (Phi) is 5.02. The van der Waals surface area contributed by atoms with Gasteiger partial charge in [-0.3, -0.25) is 0 Å². The lowest BCUT2D eigenvalue weighted by atomic mass is 10.0. The fourth-order valence-corrected chi connectivity index (χ4v) is 2.67. The molecule has 0 amide bonds. The quantitative estimate of drug-likeness (QED) is 0.847. The molecule has 1 heterocycles. The number of halogens is 3. The van der Waals surface area contributed by atoms with Crippen LogP contribution in [-0.2, 0) is 6.42 Å². The van der Waals surface area contributed by atoms with Crippen LogP contribution in [0, 0.1) is 5.82 Å². The van der Waals surface area contributed by atoms with E-state index in [4.69, 9.17) is 16.0 Å². The Morgan fingerprint density at radius 2 is 2.21 bits per heavy atom. The van der Waals surface area contributed by atoms with Crippen LogP contribution in [0.25, 0.3) is 0 Å². The van der Waals surface area contributed by atoms with Crippen LogP contribution in [0.15, 0.2) is 39.4 Å². The van der Waals surface area contributed by atoms with E-state index in [1.54, 1.807) is 12.3 Å². The number of hydrogen-bond acceptors (Lipinski definition) is 2. The van der Waals surface area contributed by atoms with E-state index in [-0.39, 0.29) is 11.9 Å². The van der Waals surface area contributed by atoms with E-state index >= 15 is 0 Å². The predicted molar refractivity (Wildman–Crippen MR) is 77.9 cm³/mol. The fourth-order valence-electron chi connectivity index (χ4n) is 2.01. The Labute approximate surface area is 125 Å². The SMILES string of the molecule is CCNC(Cc1cc(F)ccc1Br)c1ccoc1Cl. The summed E-state index contributed by atoms with van der Waals surface area (Å²) >= 11 is 9.46. The van der Waals surface area contributed by atoms with Crippen LogP contribution < -0.4 is 5.32 Å². The third-order valence-corrected chi connectivity index (χ3v) is 3.98. The molecule has 1 N–H and O–H groups in total. The molecule has 0 aliphatic carbocycles. The van der Waals surface area contributed by atoms with Crippen LogP contribution in [0.3, 0.4) is 0 Å². The van der Waals surface area contributed by atoms with Gasteiger partial charge in [-0.1, -0.05) is 22.9 Å². The van der Waals surface area contributed by atoms with Gasteiger partial charge in [-0.2, -0.15) is 0 Å². The maximum atomic E-state index is 13.3. The summed E-state index contributed by atoms with van der Waals surface area (Å²) < 4.78 is 19.3. The number of hydrogen-bond donors (Lipinski definition) is 1. The van der Waals surface area contributed by atoms with Crippen molar-refractivity contribution in [2.75, 3.05) is 6.54 Å². The highest BCUT2D eigenvalue weighted by molar-refractivity contribution is 9.10. The Morgan fingerprint density at radius 1 is 1.42 bits per heavy atom. The lowest BCUT2D eigenvalue weighted by Gasteiger charge is -2.18. The highest BCUT2D eigenvalue weighted by atomic mass is 79.9. The third kappa shape index (κ3) is 3.59. The molecule has 102 valence electrons. The number of rotatable bonds is 5. The van der Waals surface area contributed by atoms with Crippen molar-refractivity contribution in [3.05, 3.63) is 57.2 Å². The molecule has 0 spiro atoms. The van der Waals surface area contributed by atoms with Gasteiger partial charge < -0.3 is 9.73 Å². The Balaban J connectivity index is 2.26. The number of benzene rings is 1. The Bertz CT molecular complexity index is 558. The minimum absolute atomic E-state index is 0.00523. The van der Waals surface area contributed by atoms with E-state index in [9.17, 15) is 4.39 Å². The van der Waals surface area contributed by atoms with Crippen molar-refractivity contribution in [3.8, 4) is 0 Å². The normalized spacial score (nSPS) is 12.6. The molecule has 2 rings (SSSR count). The van der Waals surface area contributed by atoms with Crippen molar-refractivity contribution in [2.45, 2.75) is 19.4 Å². The van der Waals surface area contributed by atoms with Crippen molar-refractivity contribution < 1.29 is 8.81 Å². The zero-order chi connectivity index (χ0) is 13.8. The van der Waals surface area contributed by atoms with Crippen LogP contribution in [0.1, 0.15) is 24.1 Å².